The van der Waals surface area contributed by atoms with Crippen molar-refractivity contribution in [2.45, 2.75) is 27.7 Å². The van der Waals surface area contributed by atoms with E-state index >= 15 is 0 Å². The zero-order valence-electron chi connectivity index (χ0n) is 15.0. The molecule has 3 nitrogen and oxygen atoms in total. The lowest BCUT2D eigenvalue weighted by Gasteiger charge is -2.19. The van der Waals surface area contributed by atoms with E-state index in [1.807, 2.05) is 28.9 Å². The highest BCUT2D eigenvalue weighted by atomic mass is 31.1. The molecule has 0 aliphatic carbocycles. The maximum Gasteiger partial charge on any atom is 0.181 e. The quantitative estimate of drug-likeness (QED) is 0.514. The zero-order chi connectivity index (χ0) is 18.0. The van der Waals surface area contributed by atoms with E-state index in [9.17, 15) is 0 Å². The van der Waals surface area contributed by atoms with Crippen LogP contribution < -0.4 is 9.05 Å². The van der Waals surface area contributed by atoms with Crippen LogP contribution in [0, 0.1) is 27.7 Å². The van der Waals surface area contributed by atoms with E-state index in [0.717, 1.165) is 33.8 Å². The van der Waals surface area contributed by atoms with Gasteiger partial charge in [-0.15, -0.1) is 0 Å². The summed E-state index contributed by atoms with van der Waals surface area (Å²) in [7, 11) is 2.57. The second-order valence-corrected chi connectivity index (χ2v) is 7.46. The first-order valence-corrected chi connectivity index (χ1v) is 9.47. The van der Waals surface area contributed by atoms with E-state index < -0.39 is 0 Å². The van der Waals surface area contributed by atoms with Gasteiger partial charge in [-0.05, 0) is 74.2 Å². The SMILES string of the molecule is Cc1cc(C)c(OP)c(-c2cc(C)cc(C)c2OPn2cccc2)c1. The number of hydrogen-bond acceptors (Lipinski definition) is 2. The van der Waals surface area contributed by atoms with Crippen LogP contribution in [0.5, 0.6) is 11.5 Å². The Morgan fingerprint density at radius 1 is 0.800 bits per heavy atom. The molecule has 5 heteroatoms. The van der Waals surface area contributed by atoms with Gasteiger partial charge in [0.25, 0.3) is 0 Å². The predicted octanol–water partition coefficient (Wildman–Crippen LogP) is 5.99. The van der Waals surface area contributed by atoms with Gasteiger partial charge in [-0.2, -0.15) is 0 Å². The van der Waals surface area contributed by atoms with Crippen LogP contribution in [0.2, 0.25) is 0 Å². The molecule has 0 bridgehead atoms. The van der Waals surface area contributed by atoms with E-state index in [4.69, 9.17) is 9.05 Å². The molecule has 3 aromatic rings. The van der Waals surface area contributed by atoms with Crippen molar-refractivity contribution in [1.82, 2.24) is 4.34 Å². The first-order chi connectivity index (χ1) is 12.0. The van der Waals surface area contributed by atoms with E-state index in [-0.39, 0.29) is 8.96 Å². The third kappa shape index (κ3) is 3.89. The molecular weight excluding hydrogens is 348 g/mol. The van der Waals surface area contributed by atoms with Crippen LogP contribution in [0.15, 0.2) is 48.8 Å². The molecule has 0 amide bonds. The van der Waals surface area contributed by atoms with Crippen LogP contribution in [0.25, 0.3) is 11.1 Å². The fourth-order valence-corrected chi connectivity index (χ4v) is 4.17. The molecular formula is C20H23NO2P2. The molecule has 1 aromatic heterocycles. The molecule has 2 atom stereocenters. The van der Waals surface area contributed by atoms with E-state index in [1.165, 1.54) is 11.1 Å². The standard InChI is InChI=1S/C20H23NO2P2/c1-13-9-15(3)19(22-24)17(11-13)18-12-14(2)10-16(4)20(18)23-25-21-7-5-6-8-21/h5-12,25H,24H2,1-4H3. The molecule has 0 saturated heterocycles. The lowest BCUT2D eigenvalue weighted by Crippen LogP contribution is -1.96. The second kappa shape index (κ2) is 7.60. The van der Waals surface area contributed by atoms with Crippen molar-refractivity contribution in [2.24, 2.45) is 0 Å². The Hall–Kier alpha value is -1.82. The summed E-state index contributed by atoms with van der Waals surface area (Å²) in [6, 6.07) is 12.6. The largest absolute Gasteiger partial charge is 0.479 e. The zero-order valence-corrected chi connectivity index (χ0v) is 17.1. The Balaban J connectivity index is 2.12. The molecule has 0 spiro atoms. The van der Waals surface area contributed by atoms with Gasteiger partial charge < -0.3 is 13.4 Å². The van der Waals surface area contributed by atoms with E-state index in [2.05, 4.69) is 61.4 Å². The fraction of sp³-hybridized carbons (Fsp3) is 0.200. The highest BCUT2D eigenvalue weighted by molar-refractivity contribution is 7.30. The van der Waals surface area contributed by atoms with Crippen molar-refractivity contribution in [2.75, 3.05) is 0 Å². The van der Waals surface area contributed by atoms with Gasteiger partial charge in [-0.1, -0.05) is 12.1 Å². The van der Waals surface area contributed by atoms with Gasteiger partial charge in [0.15, 0.2) is 8.96 Å². The summed E-state index contributed by atoms with van der Waals surface area (Å²) in [6.07, 6.45) is 4.02. The number of hydrogen-bond donors (Lipinski definition) is 0. The molecule has 0 N–H and O–H groups in total. The van der Waals surface area contributed by atoms with Gasteiger partial charge in [0.1, 0.15) is 11.5 Å². The molecule has 0 saturated carbocycles. The molecule has 0 aliphatic rings. The summed E-state index contributed by atoms with van der Waals surface area (Å²) in [5.74, 6) is 1.78. The monoisotopic (exact) mass is 371 g/mol. The number of nitrogens with zero attached hydrogens (tertiary/aromatic N) is 1. The molecule has 2 aromatic carbocycles. The van der Waals surface area contributed by atoms with E-state index in [1.54, 1.807) is 0 Å². The van der Waals surface area contributed by atoms with Crippen LogP contribution >= 0.6 is 18.4 Å². The van der Waals surface area contributed by atoms with Crippen LogP contribution in [0.3, 0.4) is 0 Å². The van der Waals surface area contributed by atoms with Crippen molar-refractivity contribution in [3.8, 4) is 22.6 Å². The topological polar surface area (TPSA) is 23.4 Å². The van der Waals surface area contributed by atoms with E-state index in [0.29, 0.717) is 0 Å². The Morgan fingerprint density at radius 3 is 1.88 bits per heavy atom. The molecule has 25 heavy (non-hydrogen) atoms. The average Bonchev–Trinajstić information content (AvgIpc) is 3.06. The van der Waals surface area contributed by atoms with Gasteiger partial charge in [-0.25, -0.2) is 0 Å². The van der Waals surface area contributed by atoms with Gasteiger partial charge >= 0.3 is 0 Å². The van der Waals surface area contributed by atoms with Gasteiger partial charge in [0.05, 0.1) is 9.47 Å². The molecule has 2 unspecified atom stereocenters. The normalized spacial score (nSPS) is 11.2. The maximum absolute atomic E-state index is 6.23. The van der Waals surface area contributed by atoms with Gasteiger partial charge in [0.2, 0.25) is 0 Å². The Kier molecular flexibility index (Phi) is 5.47. The first-order valence-electron chi connectivity index (χ1n) is 8.15. The summed E-state index contributed by atoms with van der Waals surface area (Å²) in [6.45, 7) is 8.38. The minimum atomic E-state index is 0.203. The smallest absolute Gasteiger partial charge is 0.181 e. The number of aromatic nitrogens is 1. The molecule has 130 valence electrons. The number of benzene rings is 2. The summed E-state index contributed by atoms with van der Waals surface area (Å²) in [5, 5.41) is 0. The third-order valence-electron chi connectivity index (χ3n) is 4.10. The maximum atomic E-state index is 6.23. The lowest BCUT2D eigenvalue weighted by atomic mass is 9.95. The summed E-state index contributed by atoms with van der Waals surface area (Å²) >= 11 is 0. The summed E-state index contributed by atoms with van der Waals surface area (Å²) in [5.41, 5.74) is 6.79. The highest BCUT2D eigenvalue weighted by Crippen LogP contribution is 2.43. The van der Waals surface area contributed by atoms with Crippen molar-refractivity contribution < 1.29 is 9.05 Å². The average molecular weight is 371 g/mol. The molecule has 0 radical (unpaired) electrons. The Bertz CT molecular complexity index is 889. The Labute approximate surface area is 153 Å². The van der Waals surface area contributed by atoms with Crippen LogP contribution in [0.4, 0.5) is 0 Å². The van der Waals surface area contributed by atoms with Crippen LogP contribution in [0.1, 0.15) is 22.3 Å². The van der Waals surface area contributed by atoms with Gasteiger partial charge in [0, 0.05) is 23.5 Å². The number of aryl methyl sites for hydroxylation is 4. The Morgan fingerprint density at radius 2 is 1.32 bits per heavy atom. The van der Waals surface area contributed by atoms with Gasteiger partial charge in [-0.3, -0.25) is 0 Å². The summed E-state index contributed by atoms with van der Waals surface area (Å²) < 4.78 is 13.9. The second-order valence-electron chi connectivity index (χ2n) is 6.32. The van der Waals surface area contributed by atoms with Crippen LogP contribution in [-0.2, 0) is 0 Å². The summed E-state index contributed by atoms with van der Waals surface area (Å²) in [4.78, 5) is 0. The first kappa shape index (κ1) is 18.0. The predicted molar refractivity (Wildman–Crippen MR) is 110 cm³/mol. The molecule has 0 fully saturated rings. The molecule has 1 heterocycles. The number of rotatable bonds is 5. The van der Waals surface area contributed by atoms with Crippen LogP contribution in [-0.4, -0.2) is 4.34 Å². The van der Waals surface area contributed by atoms with Crippen molar-refractivity contribution in [3.05, 3.63) is 71.0 Å². The fourth-order valence-electron chi connectivity index (χ4n) is 3.09. The minimum absolute atomic E-state index is 0.203. The molecule has 0 aliphatic heterocycles. The highest BCUT2D eigenvalue weighted by Gasteiger charge is 2.17. The van der Waals surface area contributed by atoms with Crippen molar-refractivity contribution in [3.63, 3.8) is 0 Å². The lowest BCUT2D eigenvalue weighted by molar-refractivity contribution is 0.615. The third-order valence-corrected chi connectivity index (χ3v) is 5.14. The van der Waals surface area contributed by atoms with Crippen molar-refractivity contribution >= 4 is 18.4 Å². The minimum Gasteiger partial charge on any atom is -0.479 e. The van der Waals surface area contributed by atoms with Crippen molar-refractivity contribution in [1.29, 1.82) is 0 Å². The molecule has 3 rings (SSSR count).